The van der Waals surface area contributed by atoms with Crippen molar-refractivity contribution in [1.82, 2.24) is 0 Å². The summed E-state index contributed by atoms with van der Waals surface area (Å²) in [6.07, 6.45) is 1.89. The van der Waals surface area contributed by atoms with Gasteiger partial charge in [0.05, 0.1) is 5.22 Å². The molecule has 0 spiro atoms. The van der Waals surface area contributed by atoms with E-state index < -0.39 is 12.6 Å². The lowest BCUT2D eigenvalue weighted by molar-refractivity contribution is -0.133. The quantitative estimate of drug-likeness (QED) is 0.541. The maximum Gasteiger partial charge on any atom is 0.389 e. The number of allylic oxidation sites excluding steroid dienone is 1. The van der Waals surface area contributed by atoms with Crippen molar-refractivity contribution in [2.75, 3.05) is 6.61 Å². The number of alkyl halides is 3. The van der Waals surface area contributed by atoms with E-state index in [1.54, 1.807) is 6.08 Å². The average molecular weight is 238 g/mol. The van der Waals surface area contributed by atoms with Crippen LogP contribution < -0.4 is 0 Å². The highest BCUT2D eigenvalue weighted by Crippen LogP contribution is 2.25. The fourth-order valence-electron chi connectivity index (χ4n) is 1.67. The molecule has 1 unspecified atom stereocenters. The molecule has 1 aliphatic rings. The molecular formula is C10H17F3OSi. The van der Waals surface area contributed by atoms with E-state index in [1.807, 2.05) is 6.08 Å². The van der Waals surface area contributed by atoms with Crippen molar-refractivity contribution in [3.63, 3.8) is 0 Å². The molecule has 5 heteroatoms. The van der Waals surface area contributed by atoms with Crippen molar-refractivity contribution in [2.24, 2.45) is 0 Å². The second kappa shape index (κ2) is 5.16. The first-order valence-electron chi connectivity index (χ1n) is 5.30. The molecule has 1 heterocycles. The second-order valence-corrected chi connectivity index (χ2v) is 5.87. The van der Waals surface area contributed by atoms with Gasteiger partial charge in [-0.05, 0) is 25.7 Å². The summed E-state index contributed by atoms with van der Waals surface area (Å²) in [7, 11) is 0.846. The van der Waals surface area contributed by atoms with E-state index in [9.17, 15) is 13.2 Å². The Morgan fingerprint density at radius 3 is 2.60 bits per heavy atom. The Morgan fingerprint density at radius 2 is 2.07 bits per heavy atom. The predicted octanol–water partition coefficient (Wildman–Crippen LogP) is 2.15. The van der Waals surface area contributed by atoms with Crippen molar-refractivity contribution < 1.29 is 17.9 Å². The van der Waals surface area contributed by atoms with Crippen LogP contribution in [0.5, 0.6) is 0 Å². The summed E-state index contributed by atoms with van der Waals surface area (Å²) < 4.78 is 41.2. The monoisotopic (exact) mass is 238 g/mol. The minimum atomic E-state index is -4.05. The Morgan fingerprint density at radius 1 is 1.33 bits per heavy atom. The standard InChI is InChI=1S/C10H17F3OSi/c11-10(12,13)7-2-1-5-9(15)6-3-4-8-14-9/h1,5H,2-4,6-8H2,15H3. The normalized spacial score (nSPS) is 28.7. The molecule has 1 saturated heterocycles. The predicted molar refractivity (Wildman–Crippen MR) is 56.9 cm³/mol. The van der Waals surface area contributed by atoms with Crippen LogP contribution in [0.3, 0.4) is 0 Å². The number of rotatable bonds is 3. The van der Waals surface area contributed by atoms with Gasteiger partial charge in [0, 0.05) is 23.3 Å². The van der Waals surface area contributed by atoms with Crippen molar-refractivity contribution in [3.05, 3.63) is 12.2 Å². The molecule has 0 saturated carbocycles. The zero-order chi connectivity index (χ0) is 11.4. The Bertz CT molecular complexity index is 219. The van der Waals surface area contributed by atoms with E-state index in [2.05, 4.69) is 0 Å². The van der Waals surface area contributed by atoms with Crippen LogP contribution in [0.2, 0.25) is 0 Å². The highest BCUT2D eigenvalue weighted by Gasteiger charge is 2.27. The molecule has 1 rings (SSSR count). The summed E-state index contributed by atoms with van der Waals surface area (Å²) in [6.45, 7) is 0.743. The van der Waals surface area contributed by atoms with Gasteiger partial charge in [-0.2, -0.15) is 13.2 Å². The van der Waals surface area contributed by atoms with Gasteiger partial charge in [0.2, 0.25) is 0 Å². The Hall–Kier alpha value is -0.293. The van der Waals surface area contributed by atoms with E-state index in [0.29, 0.717) is 0 Å². The average Bonchev–Trinajstić information content (AvgIpc) is 2.12. The number of halogens is 3. The topological polar surface area (TPSA) is 9.23 Å². The molecule has 1 aliphatic heterocycles. The summed E-state index contributed by atoms with van der Waals surface area (Å²) in [4.78, 5) is 0. The van der Waals surface area contributed by atoms with E-state index in [0.717, 1.165) is 36.1 Å². The largest absolute Gasteiger partial charge is 0.389 e. The number of hydrogen-bond acceptors (Lipinski definition) is 1. The first-order valence-corrected chi connectivity index (χ1v) is 6.30. The van der Waals surface area contributed by atoms with Crippen LogP contribution in [0, 0.1) is 0 Å². The molecule has 1 atom stereocenters. The molecule has 1 nitrogen and oxygen atoms in total. The molecular weight excluding hydrogens is 221 g/mol. The van der Waals surface area contributed by atoms with Gasteiger partial charge in [-0.25, -0.2) is 0 Å². The highest BCUT2D eigenvalue weighted by atomic mass is 28.1. The molecule has 88 valence electrons. The van der Waals surface area contributed by atoms with Crippen LogP contribution in [-0.4, -0.2) is 28.2 Å². The summed E-state index contributed by atoms with van der Waals surface area (Å²) in [5, 5.41) is -0.205. The SMILES string of the molecule is FC(F)(F)CCC=CC1([SiH3])CCCCO1. The van der Waals surface area contributed by atoms with Gasteiger partial charge < -0.3 is 4.74 Å². The number of ether oxygens (including phenoxy) is 1. The third kappa shape index (κ3) is 5.37. The minimum Gasteiger partial charge on any atom is -0.376 e. The number of hydrogen-bond donors (Lipinski definition) is 0. The fourth-order valence-corrected chi connectivity index (χ4v) is 2.46. The summed E-state index contributed by atoms with van der Waals surface area (Å²) in [6, 6.07) is 0. The molecule has 0 bridgehead atoms. The van der Waals surface area contributed by atoms with E-state index in [1.165, 1.54) is 0 Å². The third-order valence-electron chi connectivity index (χ3n) is 2.56. The van der Waals surface area contributed by atoms with Crippen LogP contribution in [0.25, 0.3) is 0 Å². The smallest absolute Gasteiger partial charge is 0.376 e. The molecule has 0 aromatic carbocycles. The molecule has 0 amide bonds. The zero-order valence-electron chi connectivity index (χ0n) is 8.94. The van der Waals surface area contributed by atoms with Gasteiger partial charge >= 0.3 is 6.18 Å². The van der Waals surface area contributed by atoms with Gasteiger partial charge in [0.25, 0.3) is 0 Å². The molecule has 0 N–H and O–H groups in total. The second-order valence-electron chi connectivity index (χ2n) is 4.17. The van der Waals surface area contributed by atoms with Crippen LogP contribution in [-0.2, 0) is 4.74 Å². The lowest BCUT2D eigenvalue weighted by atomic mass is 10.1. The Labute approximate surface area is 91.1 Å². The molecule has 0 aromatic rings. The van der Waals surface area contributed by atoms with E-state index >= 15 is 0 Å². The molecule has 0 radical (unpaired) electrons. The molecule has 0 aliphatic carbocycles. The Kier molecular flexibility index (Phi) is 4.40. The van der Waals surface area contributed by atoms with Gasteiger partial charge in [-0.15, -0.1) is 0 Å². The van der Waals surface area contributed by atoms with Crippen LogP contribution in [0.15, 0.2) is 12.2 Å². The van der Waals surface area contributed by atoms with Crippen LogP contribution in [0.1, 0.15) is 32.1 Å². The van der Waals surface area contributed by atoms with Gasteiger partial charge in [-0.1, -0.05) is 12.2 Å². The molecule has 0 aromatic heterocycles. The van der Waals surface area contributed by atoms with Crippen LogP contribution >= 0.6 is 0 Å². The zero-order valence-corrected chi connectivity index (χ0v) is 10.9. The van der Waals surface area contributed by atoms with Crippen LogP contribution in [0.4, 0.5) is 13.2 Å². The Balaban J connectivity index is 2.30. The lowest BCUT2D eigenvalue weighted by Crippen LogP contribution is -2.34. The third-order valence-corrected chi connectivity index (χ3v) is 3.69. The molecule has 1 fully saturated rings. The van der Waals surface area contributed by atoms with Gasteiger partial charge in [-0.3, -0.25) is 0 Å². The minimum absolute atomic E-state index is 0.0663. The highest BCUT2D eigenvalue weighted by molar-refractivity contribution is 6.16. The maximum absolute atomic E-state index is 11.9. The van der Waals surface area contributed by atoms with E-state index in [-0.39, 0.29) is 11.6 Å². The lowest BCUT2D eigenvalue weighted by Gasteiger charge is -2.31. The first-order chi connectivity index (χ1) is 6.91. The fraction of sp³-hybridized carbons (Fsp3) is 0.800. The first kappa shape index (κ1) is 12.8. The summed E-state index contributed by atoms with van der Waals surface area (Å²) in [5.41, 5.74) is 0. The van der Waals surface area contributed by atoms with Gasteiger partial charge in [0.15, 0.2) is 0 Å². The van der Waals surface area contributed by atoms with Crippen molar-refractivity contribution in [3.8, 4) is 0 Å². The van der Waals surface area contributed by atoms with Gasteiger partial charge in [0.1, 0.15) is 0 Å². The maximum atomic E-state index is 11.9. The van der Waals surface area contributed by atoms with E-state index in [4.69, 9.17) is 4.74 Å². The van der Waals surface area contributed by atoms with Crippen molar-refractivity contribution >= 4 is 10.2 Å². The summed E-state index contributed by atoms with van der Waals surface area (Å²) >= 11 is 0. The summed E-state index contributed by atoms with van der Waals surface area (Å²) in [5.74, 6) is 0. The van der Waals surface area contributed by atoms with Crippen molar-refractivity contribution in [1.29, 1.82) is 0 Å². The van der Waals surface area contributed by atoms with Crippen molar-refractivity contribution in [2.45, 2.75) is 43.5 Å². The molecule has 15 heavy (non-hydrogen) atoms.